The van der Waals surface area contributed by atoms with Crippen LogP contribution < -0.4 is 5.56 Å². The van der Waals surface area contributed by atoms with E-state index in [0.29, 0.717) is 0 Å². The second-order valence-electron chi connectivity index (χ2n) is 9.85. The van der Waals surface area contributed by atoms with Gasteiger partial charge in [0.25, 0.3) is 5.56 Å². The molecule has 4 heteroatoms. The third-order valence-corrected chi connectivity index (χ3v) is 7.76. The first-order valence-electron chi connectivity index (χ1n) is 12.3. The van der Waals surface area contributed by atoms with Gasteiger partial charge in [0.2, 0.25) is 0 Å². The number of likely N-dealkylation sites (tertiary alicyclic amines) is 1. The van der Waals surface area contributed by atoms with E-state index in [2.05, 4.69) is 28.1 Å². The molecule has 2 aromatic rings. The number of nitrogens with zero attached hydrogens (tertiary/aromatic N) is 1. The Labute approximate surface area is 186 Å². The number of hydrogen-bond donors (Lipinski definition) is 1. The molecule has 2 heterocycles. The number of fused-ring (bicyclic) bond motifs is 5. The minimum absolute atomic E-state index is 0.148. The van der Waals surface area contributed by atoms with Crippen molar-refractivity contribution in [1.82, 2.24) is 9.88 Å². The molecule has 0 bridgehead atoms. The molecule has 1 atom stereocenters. The predicted octanol–water partition coefficient (Wildman–Crippen LogP) is 4.85. The lowest BCUT2D eigenvalue weighted by molar-refractivity contribution is 0.184. The van der Waals surface area contributed by atoms with E-state index in [1.54, 1.807) is 7.11 Å². The molecule has 166 valence electrons. The van der Waals surface area contributed by atoms with Gasteiger partial charge in [-0.1, -0.05) is 18.2 Å². The number of H-pyrrole nitrogens is 1. The van der Waals surface area contributed by atoms with Crippen molar-refractivity contribution in [2.75, 3.05) is 26.8 Å². The van der Waals surface area contributed by atoms with Crippen molar-refractivity contribution < 1.29 is 4.74 Å². The highest BCUT2D eigenvalue weighted by Gasteiger charge is 2.27. The fourth-order valence-electron chi connectivity index (χ4n) is 6.10. The van der Waals surface area contributed by atoms with Gasteiger partial charge in [0.1, 0.15) is 0 Å². The SMILES string of the molecule is COCCCC1CCCN(Cc2ccc3c(c2)Cc2c-3[nH]c(=O)c3c2CCCC3)CC1. The summed E-state index contributed by atoms with van der Waals surface area (Å²) in [7, 11) is 1.80. The summed E-state index contributed by atoms with van der Waals surface area (Å²) in [4.78, 5) is 18.5. The maximum atomic E-state index is 12.6. The summed E-state index contributed by atoms with van der Waals surface area (Å²) in [5.74, 6) is 0.859. The first-order chi connectivity index (χ1) is 15.2. The number of ether oxygens (including phenoxy) is 1. The van der Waals surface area contributed by atoms with E-state index < -0.39 is 0 Å². The van der Waals surface area contributed by atoms with Crippen LogP contribution in [0.25, 0.3) is 11.3 Å². The van der Waals surface area contributed by atoms with Gasteiger partial charge in [-0.25, -0.2) is 0 Å². The Morgan fingerprint density at radius 1 is 1.06 bits per heavy atom. The van der Waals surface area contributed by atoms with E-state index in [9.17, 15) is 4.79 Å². The average molecular weight is 421 g/mol. The summed E-state index contributed by atoms with van der Waals surface area (Å²) in [5, 5.41) is 0. The van der Waals surface area contributed by atoms with Crippen LogP contribution in [-0.2, 0) is 30.5 Å². The minimum Gasteiger partial charge on any atom is -0.385 e. The molecule has 1 saturated heterocycles. The van der Waals surface area contributed by atoms with Gasteiger partial charge in [0.05, 0.1) is 5.69 Å². The molecule has 2 aliphatic carbocycles. The van der Waals surface area contributed by atoms with Gasteiger partial charge in [-0.15, -0.1) is 0 Å². The monoisotopic (exact) mass is 420 g/mol. The van der Waals surface area contributed by atoms with Gasteiger partial charge in [0, 0.05) is 37.8 Å². The molecule has 3 aliphatic rings. The zero-order valence-corrected chi connectivity index (χ0v) is 19.0. The number of benzene rings is 1. The van der Waals surface area contributed by atoms with Crippen LogP contribution in [0.4, 0.5) is 0 Å². The fraction of sp³-hybridized carbons (Fsp3) is 0.593. The summed E-state index contributed by atoms with van der Waals surface area (Å²) in [6.07, 6.45) is 11.8. The Bertz CT molecular complexity index is 993. The highest BCUT2D eigenvalue weighted by atomic mass is 16.5. The zero-order chi connectivity index (χ0) is 21.2. The highest BCUT2D eigenvalue weighted by Crippen LogP contribution is 2.39. The standard InChI is InChI=1S/C27H36N2O2/c1-31-15-5-7-19-6-4-13-29(14-12-19)18-20-10-11-22-21(16-20)17-25-23-8-2-3-9-24(23)27(30)28-26(22)25/h10-11,16,19H,2-9,12-15,17-18H2,1H3,(H,28,30). The van der Waals surface area contributed by atoms with Crippen LogP contribution in [0.1, 0.15) is 72.8 Å². The zero-order valence-electron chi connectivity index (χ0n) is 19.0. The topological polar surface area (TPSA) is 45.3 Å². The van der Waals surface area contributed by atoms with Crippen LogP contribution in [0.3, 0.4) is 0 Å². The van der Waals surface area contributed by atoms with Gasteiger partial charge in [-0.05, 0) is 99.0 Å². The molecule has 1 unspecified atom stereocenters. The number of nitrogens with one attached hydrogen (secondary N) is 1. The summed E-state index contributed by atoms with van der Waals surface area (Å²) in [6, 6.07) is 6.95. The fourth-order valence-corrected chi connectivity index (χ4v) is 6.10. The molecule has 31 heavy (non-hydrogen) atoms. The van der Waals surface area contributed by atoms with Crippen molar-refractivity contribution in [2.45, 2.75) is 70.8 Å². The van der Waals surface area contributed by atoms with Crippen LogP contribution in [0.2, 0.25) is 0 Å². The summed E-state index contributed by atoms with van der Waals surface area (Å²) in [5.41, 5.74) is 9.12. The summed E-state index contributed by atoms with van der Waals surface area (Å²) >= 11 is 0. The van der Waals surface area contributed by atoms with E-state index in [1.165, 1.54) is 79.4 Å². The summed E-state index contributed by atoms with van der Waals surface area (Å²) in [6.45, 7) is 4.35. The number of aromatic amines is 1. The van der Waals surface area contributed by atoms with Crippen molar-refractivity contribution >= 4 is 0 Å². The second kappa shape index (κ2) is 9.30. The smallest absolute Gasteiger partial charge is 0.251 e. The Hall–Kier alpha value is -1.91. The molecule has 1 fully saturated rings. The highest BCUT2D eigenvalue weighted by molar-refractivity contribution is 5.75. The second-order valence-corrected chi connectivity index (χ2v) is 9.85. The molecule has 4 nitrogen and oxygen atoms in total. The van der Waals surface area contributed by atoms with Crippen molar-refractivity contribution in [3.05, 3.63) is 56.4 Å². The first-order valence-corrected chi connectivity index (χ1v) is 12.3. The van der Waals surface area contributed by atoms with Gasteiger partial charge < -0.3 is 9.72 Å². The lowest BCUT2D eigenvalue weighted by atomic mass is 9.88. The molecule has 5 rings (SSSR count). The first kappa shape index (κ1) is 21.0. The molecular weight excluding hydrogens is 384 g/mol. The van der Waals surface area contributed by atoms with Crippen LogP contribution in [0.5, 0.6) is 0 Å². The van der Waals surface area contributed by atoms with Crippen LogP contribution >= 0.6 is 0 Å². The lowest BCUT2D eigenvalue weighted by Gasteiger charge is -2.20. The average Bonchev–Trinajstić information content (AvgIpc) is 2.99. The van der Waals surface area contributed by atoms with Crippen molar-refractivity contribution in [3.8, 4) is 11.3 Å². The molecular formula is C27H36N2O2. The lowest BCUT2D eigenvalue weighted by Crippen LogP contribution is -2.24. The van der Waals surface area contributed by atoms with Crippen molar-refractivity contribution in [2.24, 2.45) is 5.92 Å². The Kier molecular flexibility index (Phi) is 6.29. The third kappa shape index (κ3) is 4.38. The van der Waals surface area contributed by atoms with Gasteiger partial charge in [-0.3, -0.25) is 9.69 Å². The van der Waals surface area contributed by atoms with E-state index in [0.717, 1.165) is 56.0 Å². The number of pyridine rings is 1. The Morgan fingerprint density at radius 3 is 2.81 bits per heavy atom. The third-order valence-electron chi connectivity index (χ3n) is 7.76. The predicted molar refractivity (Wildman–Crippen MR) is 126 cm³/mol. The van der Waals surface area contributed by atoms with Crippen LogP contribution in [0, 0.1) is 5.92 Å². The Balaban J connectivity index is 1.28. The van der Waals surface area contributed by atoms with Crippen molar-refractivity contribution in [3.63, 3.8) is 0 Å². The molecule has 1 N–H and O–H groups in total. The molecule has 0 radical (unpaired) electrons. The molecule has 0 amide bonds. The minimum atomic E-state index is 0.148. The Morgan fingerprint density at radius 2 is 1.94 bits per heavy atom. The van der Waals surface area contributed by atoms with Crippen LogP contribution in [0.15, 0.2) is 23.0 Å². The van der Waals surface area contributed by atoms with Crippen LogP contribution in [-0.4, -0.2) is 36.7 Å². The van der Waals surface area contributed by atoms with E-state index in [4.69, 9.17) is 4.74 Å². The van der Waals surface area contributed by atoms with Gasteiger partial charge in [-0.2, -0.15) is 0 Å². The summed E-state index contributed by atoms with van der Waals surface area (Å²) < 4.78 is 5.23. The molecule has 1 aliphatic heterocycles. The largest absolute Gasteiger partial charge is 0.385 e. The maximum absolute atomic E-state index is 12.6. The number of methoxy groups -OCH3 is 1. The van der Waals surface area contributed by atoms with Gasteiger partial charge >= 0.3 is 0 Å². The molecule has 1 aromatic carbocycles. The van der Waals surface area contributed by atoms with Crippen molar-refractivity contribution in [1.29, 1.82) is 0 Å². The van der Waals surface area contributed by atoms with Gasteiger partial charge in [0.15, 0.2) is 0 Å². The number of hydrogen-bond acceptors (Lipinski definition) is 3. The molecule has 0 spiro atoms. The van der Waals surface area contributed by atoms with E-state index in [-0.39, 0.29) is 5.56 Å². The maximum Gasteiger partial charge on any atom is 0.251 e. The normalized spacial score (nSPS) is 20.7. The van der Waals surface area contributed by atoms with E-state index in [1.807, 2.05) is 0 Å². The van der Waals surface area contributed by atoms with E-state index >= 15 is 0 Å². The molecule has 1 aromatic heterocycles. The number of rotatable bonds is 6. The molecule has 0 saturated carbocycles. The number of aromatic nitrogens is 1. The quantitative estimate of drug-likeness (QED) is 0.580.